The molecule has 0 fully saturated rings. The quantitative estimate of drug-likeness (QED) is 0.727. The number of para-hydroxylation sites is 1. The Kier molecular flexibility index (Phi) is 5.54. The molecule has 1 heterocycles. The number of aromatic nitrogens is 1. The highest BCUT2D eigenvalue weighted by atomic mass is 16.6. The van der Waals surface area contributed by atoms with Gasteiger partial charge in [0.15, 0.2) is 0 Å². The van der Waals surface area contributed by atoms with E-state index < -0.39 is 29.6 Å². The number of carbonyl (C=O) groups excluding carboxylic acids is 3. The van der Waals surface area contributed by atoms with Gasteiger partial charge in [0, 0.05) is 24.1 Å². The van der Waals surface area contributed by atoms with Gasteiger partial charge in [-0.05, 0) is 33.8 Å². The van der Waals surface area contributed by atoms with E-state index in [1.807, 2.05) is 35.9 Å². The Morgan fingerprint density at radius 2 is 1.77 bits per heavy atom. The van der Waals surface area contributed by atoms with E-state index in [1.54, 1.807) is 27.0 Å². The lowest BCUT2D eigenvalue weighted by molar-refractivity contribution is -0.123. The highest BCUT2D eigenvalue weighted by Crippen LogP contribution is 2.19. The fourth-order valence-corrected chi connectivity index (χ4v) is 2.37. The van der Waals surface area contributed by atoms with Crippen LogP contribution in [0.3, 0.4) is 0 Å². The average Bonchev–Trinajstić information content (AvgIpc) is 2.88. The fraction of sp³-hybridized carbons (Fsp3) is 0.389. The molecule has 0 saturated heterocycles. The number of alkyl carbamates (subject to hydrolysis) is 1. The summed E-state index contributed by atoms with van der Waals surface area (Å²) in [5.41, 5.74) is 5.35. The first kappa shape index (κ1) is 19.3. The lowest BCUT2D eigenvalue weighted by Gasteiger charge is -2.21. The predicted molar refractivity (Wildman–Crippen MR) is 97.4 cm³/mol. The highest BCUT2D eigenvalue weighted by Gasteiger charge is 2.22. The first-order valence-electron chi connectivity index (χ1n) is 8.22. The molecule has 3 amide bonds. The molecule has 1 atom stereocenters. The summed E-state index contributed by atoms with van der Waals surface area (Å²) in [5.74, 6) is -1.01. The molecule has 0 aliphatic rings. The first-order chi connectivity index (χ1) is 12.1. The molecule has 0 saturated carbocycles. The van der Waals surface area contributed by atoms with Crippen molar-refractivity contribution in [3.63, 3.8) is 0 Å². The van der Waals surface area contributed by atoms with Gasteiger partial charge in [-0.2, -0.15) is 0 Å². The van der Waals surface area contributed by atoms with E-state index in [0.717, 1.165) is 10.9 Å². The van der Waals surface area contributed by atoms with Gasteiger partial charge in [0.05, 0.1) is 5.56 Å². The summed E-state index contributed by atoms with van der Waals surface area (Å²) in [5, 5.41) is 3.18. The van der Waals surface area contributed by atoms with E-state index in [-0.39, 0.29) is 0 Å². The van der Waals surface area contributed by atoms with Gasteiger partial charge in [0.25, 0.3) is 11.8 Å². The van der Waals surface area contributed by atoms with Crippen molar-refractivity contribution in [1.82, 2.24) is 20.7 Å². The number of hydrogen-bond acceptors (Lipinski definition) is 4. The molecule has 0 aliphatic carbocycles. The summed E-state index contributed by atoms with van der Waals surface area (Å²) in [4.78, 5) is 36.1. The molecule has 2 aromatic rings. The van der Waals surface area contributed by atoms with Crippen LogP contribution in [0.15, 0.2) is 30.5 Å². The lowest BCUT2D eigenvalue weighted by Crippen LogP contribution is -2.51. The number of benzene rings is 1. The van der Waals surface area contributed by atoms with Gasteiger partial charge in [0.2, 0.25) is 0 Å². The number of ether oxygens (including phenoxy) is 1. The minimum absolute atomic E-state index is 0.441. The summed E-state index contributed by atoms with van der Waals surface area (Å²) in [6.07, 6.45) is 0.981. The zero-order valence-electron chi connectivity index (χ0n) is 15.5. The van der Waals surface area contributed by atoms with Crippen LogP contribution in [-0.2, 0) is 16.6 Å². The molecule has 1 aromatic carbocycles. The Bertz CT molecular complexity index is 835. The zero-order chi connectivity index (χ0) is 19.5. The number of nitrogens with zero attached hydrogens (tertiary/aromatic N) is 1. The molecule has 140 valence electrons. The van der Waals surface area contributed by atoms with E-state index in [1.165, 1.54) is 6.92 Å². The van der Waals surface area contributed by atoms with Crippen molar-refractivity contribution in [2.24, 2.45) is 7.05 Å². The third-order valence-electron chi connectivity index (χ3n) is 3.57. The molecule has 1 aromatic heterocycles. The lowest BCUT2D eigenvalue weighted by atomic mass is 10.2. The number of hydrogen-bond donors (Lipinski definition) is 3. The van der Waals surface area contributed by atoms with Crippen molar-refractivity contribution < 1.29 is 19.1 Å². The Morgan fingerprint density at radius 1 is 1.12 bits per heavy atom. The summed E-state index contributed by atoms with van der Waals surface area (Å²) in [7, 11) is 1.84. The van der Waals surface area contributed by atoms with E-state index in [4.69, 9.17) is 4.74 Å². The Morgan fingerprint density at radius 3 is 2.42 bits per heavy atom. The van der Waals surface area contributed by atoms with E-state index in [2.05, 4.69) is 16.2 Å². The maximum atomic E-state index is 12.4. The monoisotopic (exact) mass is 360 g/mol. The van der Waals surface area contributed by atoms with Gasteiger partial charge in [-0.3, -0.25) is 20.4 Å². The third-order valence-corrected chi connectivity index (χ3v) is 3.57. The zero-order valence-corrected chi connectivity index (χ0v) is 15.5. The van der Waals surface area contributed by atoms with Crippen molar-refractivity contribution in [3.05, 3.63) is 36.0 Å². The summed E-state index contributed by atoms with van der Waals surface area (Å²) in [6.45, 7) is 6.66. The van der Waals surface area contributed by atoms with Gasteiger partial charge >= 0.3 is 6.09 Å². The van der Waals surface area contributed by atoms with Gasteiger partial charge < -0.3 is 14.6 Å². The van der Waals surface area contributed by atoms with Crippen LogP contribution in [0.1, 0.15) is 38.1 Å². The maximum absolute atomic E-state index is 12.4. The summed E-state index contributed by atoms with van der Waals surface area (Å²) in [6, 6.07) is 6.58. The number of amides is 3. The molecule has 0 radical (unpaired) electrons. The number of fused-ring (bicyclic) bond motifs is 1. The van der Waals surface area contributed by atoms with Gasteiger partial charge in [-0.15, -0.1) is 0 Å². The van der Waals surface area contributed by atoms with Crippen molar-refractivity contribution in [3.8, 4) is 0 Å². The second kappa shape index (κ2) is 7.47. The number of aryl methyl sites for hydroxylation is 1. The molecule has 2 rings (SSSR count). The van der Waals surface area contributed by atoms with Gasteiger partial charge in [0.1, 0.15) is 11.6 Å². The van der Waals surface area contributed by atoms with Crippen LogP contribution in [0, 0.1) is 0 Å². The SMILES string of the molecule is CC(NC(=O)OC(C)(C)C)C(=O)NNC(=O)c1cn(C)c2ccccc12. The highest BCUT2D eigenvalue weighted by molar-refractivity contribution is 6.07. The Balaban J connectivity index is 1.94. The molecule has 8 nitrogen and oxygen atoms in total. The van der Waals surface area contributed by atoms with Crippen LogP contribution in [0.25, 0.3) is 10.9 Å². The van der Waals surface area contributed by atoms with E-state index in [9.17, 15) is 14.4 Å². The van der Waals surface area contributed by atoms with Crippen LogP contribution in [0.5, 0.6) is 0 Å². The first-order valence-corrected chi connectivity index (χ1v) is 8.22. The van der Waals surface area contributed by atoms with Crippen molar-refractivity contribution in [1.29, 1.82) is 0 Å². The van der Waals surface area contributed by atoms with Gasteiger partial charge in [-0.1, -0.05) is 18.2 Å². The molecule has 1 unspecified atom stereocenters. The van der Waals surface area contributed by atoms with Gasteiger partial charge in [-0.25, -0.2) is 4.79 Å². The van der Waals surface area contributed by atoms with Crippen molar-refractivity contribution >= 4 is 28.8 Å². The molecule has 26 heavy (non-hydrogen) atoms. The molecule has 3 N–H and O–H groups in total. The minimum atomic E-state index is -0.877. The Hall–Kier alpha value is -3.03. The van der Waals surface area contributed by atoms with Crippen molar-refractivity contribution in [2.45, 2.75) is 39.3 Å². The van der Waals surface area contributed by atoms with Crippen LogP contribution in [0.2, 0.25) is 0 Å². The maximum Gasteiger partial charge on any atom is 0.408 e. The summed E-state index contributed by atoms with van der Waals surface area (Å²) >= 11 is 0. The van der Waals surface area contributed by atoms with Crippen LogP contribution < -0.4 is 16.2 Å². The average molecular weight is 360 g/mol. The second-order valence-electron chi connectivity index (χ2n) is 6.98. The molecular formula is C18H24N4O4. The molecule has 0 spiro atoms. The predicted octanol–water partition coefficient (Wildman–Crippen LogP) is 1.85. The number of carbonyl (C=O) groups is 3. The minimum Gasteiger partial charge on any atom is -0.444 e. The van der Waals surface area contributed by atoms with E-state index in [0.29, 0.717) is 5.56 Å². The van der Waals surface area contributed by atoms with Crippen LogP contribution in [-0.4, -0.2) is 34.1 Å². The molecular weight excluding hydrogens is 336 g/mol. The van der Waals surface area contributed by atoms with Crippen molar-refractivity contribution in [2.75, 3.05) is 0 Å². The standard InChI is InChI=1S/C18H24N4O4/c1-11(19-17(25)26-18(2,3)4)15(23)20-21-16(24)13-10-22(5)14-9-7-6-8-12(13)14/h6-11H,1-5H3,(H,19,25)(H,20,23)(H,21,24). The normalized spacial score (nSPS) is 12.3. The number of rotatable bonds is 3. The smallest absolute Gasteiger partial charge is 0.408 e. The molecule has 8 heteroatoms. The molecule has 0 bridgehead atoms. The summed E-state index contributed by atoms with van der Waals surface area (Å²) < 4.78 is 6.92. The number of hydrazine groups is 1. The fourth-order valence-electron chi connectivity index (χ4n) is 2.37. The largest absolute Gasteiger partial charge is 0.444 e. The van der Waals surface area contributed by atoms with E-state index >= 15 is 0 Å². The van der Waals surface area contributed by atoms with Crippen LogP contribution >= 0.6 is 0 Å². The number of nitrogens with one attached hydrogen (secondary N) is 3. The third kappa shape index (κ3) is 4.75. The van der Waals surface area contributed by atoms with Crippen LogP contribution in [0.4, 0.5) is 4.79 Å². The topological polar surface area (TPSA) is 101 Å². The second-order valence-corrected chi connectivity index (χ2v) is 6.98. The molecule has 0 aliphatic heterocycles. The Labute approximate surface area is 151 Å².